The van der Waals surface area contributed by atoms with Gasteiger partial charge in [-0.15, -0.1) is 0 Å². The first-order valence-corrected chi connectivity index (χ1v) is 10.4. The third kappa shape index (κ3) is 3.89. The Hall–Kier alpha value is -2.42. The molecule has 0 aliphatic rings. The Morgan fingerprint density at radius 1 is 1.25 bits per heavy atom. The molecular formula is C20H17BrN4O2S. The summed E-state index contributed by atoms with van der Waals surface area (Å²) in [7, 11) is 0. The van der Waals surface area contributed by atoms with Crippen LogP contribution in [0.2, 0.25) is 0 Å². The molecule has 0 radical (unpaired) electrons. The summed E-state index contributed by atoms with van der Waals surface area (Å²) in [5, 5.41) is 0. The fourth-order valence-corrected chi connectivity index (χ4v) is 4.46. The smallest absolute Gasteiger partial charge is 0.299 e. The molecule has 1 amide bonds. The van der Waals surface area contributed by atoms with Crippen molar-refractivity contribution in [2.24, 2.45) is 4.99 Å². The van der Waals surface area contributed by atoms with Crippen molar-refractivity contribution in [2.75, 3.05) is 13.2 Å². The molecule has 0 unspecified atom stereocenters. The lowest BCUT2D eigenvalue weighted by atomic mass is 10.3. The van der Waals surface area contributed by atoms with Gasteiger partial charge in [0.1, 0.15) is 5.69 Å². The van der Waals surface area contributed by atoms with Crippen molar-refractivity contribution in [3.05, 3.63) is 63.6 Å². The van der Waals surface area contributed by atoms with Crippen LogP contribution in [-0.2, 0) is 11.3 Å². The summed E-state index contributed by atoms with van der Waals surface area (Å²) >= 11 is 4.96. The minimum absolute atomic E-state index is 0.230. The van der Waals surface area contributed by atoms with Gasteiger partial charge in [0.2, 0.25) is 0 Å². The first kappa shape index (κ1) is 18.9. The molecule has 0 atom stereocenters. The number of carbonyl (C=O) groups excluding carboxylic acids is 1. The molecule has 0 aliphatic carbocycles. The van der Waals surface area contributed by atoms with Gasteiger partial charge in [0.15, 0.2) is 4.80 Å². The van der Waals surface area contributed by atoms with E-state index in [4.69, 9.17) is 4.74 Å². The van der Waals surface area contributed by atoms with Crippen LogP contribution < -0.4 is 4.80 Å². The fourth-order valence-electron chi connectivity index (χ4n) is 2.85. The van der Waals surface area contributed by atoms with Gasteiger partial charge in [-0.3, -0.25) is 9.78 Å². The second kappa shape index (κ2) is 8.30. The third-order valence-corrected chi connectivity index (χ3v) is 5.71. The molecule has 8 heteroatoms. The van der Waals surface area contributed by atoms with Crippen molar-refractivity contribution in [1.82, 2.24) is 14.5 Å². The number of aromatic nitrogens is 3. The van der Waals surface area contributed by atoms with Crippen LogP contribution in [0, 0.1) is 0 Å². The van der Waals surface area contributed by atoms with Crippen molar-refractivity contribution >= 4 is 54.4 Å². The molecule has 0 aliphatic heterocycles. The Morgan fingerprint density at radius 3 is 2.89 bits per heavy atom. The summed E-state index contributed by atoms with van der Waals surface area (Å²) in [6.07, 6.45) is 1.47. The average Bonchev–Trinajstić information content (AvgIpc) is 3.04. The number of fused-ring (bicyclic) bond motifs is 2. The monoisotopic (exact) mass is 456 g/mol. The van der Waals surface area contributed by atoms with Crippen LogP contribution in [0.25, 0.3) is 21.3 Å². The maximum absolute atomic E-state index is 12.8. The number of halogens is 1. The van der Waals surface area contributed by atoms with Crippen LogP contribution in [0.1, 0.15) is 17.4 Å². The second-order valence-corrected chi connectivity index (χ2v) is 7.93. The molecule has 142 valence electrons. The molecule has 0 saturated carbocycles. The summed E-state index contributed by atoms with van der Waals surface area (Å²) in [6.45, 7) is 3.77. The van der Waals surface area contributed by atoms with E-state index >= 15 is 0 Å². The Labute approximate surface area is 173 Å². The van der Waals surface area contributed by atoms with E-state index in [0.717, 1.165) is 20.2 Å². The highest BCUT2D eigenvalue weighted by Gasteiger charge is 2.12. The van der Waals surface area contributed by atoms with E-state index in [1.54, 1.807) is 0 Å². The number of amides is 1. The zero-order valence-corrected chi connectivity index (χ0v) is 17.5. The highest BCUT2D eigenvalue weighted by atomic mass is 79.9. The molecule has 2 heterocycles. The van der Waals surface area contributed by atoms with Crippen LogP contribution in [-0.4, -0.2) is 33.7 Å². The minimum atomic E-state index is -0.408. The van der Waals surface area contributed by atoms with Gasteiger partial charge in [-0.2, -0.15) is 4.99 Å². The van der Waals surface area contributed by atoms with Crippen molar-refractivity contribution in [3.8, 4) is 0 Å². The lowest BCUT2D eigenvalue weighted by Gasteiger charge is -2.05. The Bertz CT molecular complexity index is 1230. The van der Waals surface area contributed by atoms with Crippen molar-refractivity contribution in [3.63, 3.8) is 0 Å². The van der Waals surface area contributed by atoms with E-state index in [1.807, 2.05) is 54.0 Å². The number of para-hydroxylation sites is 2. The van der Waals surface area contributed by atoms with Crippen LogP contribution >= 0.6 is 27.3 Å². The van der Waals surface area contributed by atoms with Crippen molar-refractivity contribution in [2.45, 2.75) is 13.5 Å². The molecule has 4 rings (SSSR count). The molecular weight excluding hydrogens is 440 g/mol. The maximum Gasteiger partial charge on any atom is 0.299 e. The van der Waals surface area contributed by atoms with E-state index in [9.17, 15) is 4.79 Å². The Balaban J connectivity index is 1.77. The summed E-state index contributed by atoms with van der Waals surface area (Å²) < 4.78 is 9.53. The molecule has 6 nitrogen and oxygen atoms in total. The Morgan fingerprint density at radius 2 is 2.07 bits per heavy atom. The highest BCUT2D eigenvalue weighted by molar-refractivity contribution is 9.10. The number of carbonyl (C=O) groups is 1. The highest BCUT2D eigenvalue weighted by Crippen LogP contribution is 2.22. The zero-order chi connectivity index (χ0) is 19.5. The van der Waals surface area contributed by atoms with Crippen LogP contribution in [0.15, 0.2) is 58.1 Å². The van der Waals surface area contributed by atoms with Gasteiger partial charge in [-0.05, 0) is 37.3 Å². The summed E-state index contributed by atoms with van der Waals surface area (Å²) in [5.74, 6) is -0.408. The molecule has 0 bridgehead atoms. The molecule has 2 aromatic carbocycles. The molecule has 0 saturated heterocycles. The van der Waals surface area contributed by atoms with Gasteiger partial charge in [-0.25, -0.2) is 4.98 Å². The Kier molecular flexibility index (Phi) is 5.61. The lowest BCUT2D eigenvalue weighted by Crippen LogP contribution is -2.20. The van der Waals surface area contributed by atoms with E-state index in [0.29, 0.717) is 30.1 Å². The zero-order valence-electron chi connectivity index (χ0n) is 15.1. The summed E-state index contributed by atoms with van der Waals surface area (Å²) in [4.78, 5) is 26.4. The molecule has 4 aromatic rings. The van der Waals surface area contributed by atoms with Gasteiger partial charge in [-0.1, -0.05) is 39.4 Å². The first-order valence-electron chi connectivity index (χ1n) is 8.83. The lowest BCUT2D eigenvalue weighted by molar-refractivity contribution is 0.0992. The van der Waals surface area contributed by atoms with E-state index in [2.05, 4.69) is 30.9 Å². The van der Waals surface area contributed by atoms with Gasteiger partial charge in [0.05, 0.1) is 34.1 Å². The number of thiazole rings is 1. The van der Waals surface area contributed by atoms with Crippen molar-refractivity contribution in [1.29, 1.82) is 0 Å². The minimum Gasteiger partial charge on any atom is -0.380 e. The van der Waals surface area contributed by atoms with Gasteiger partial charge < -0.3 is 9.30 Å². The quantitative estimate of drug-likeness (QED) is 0.422. The van der Waals surface area contributed by atoms with E-state index in [-0.39, 0.29) is 5.69 Å². The standard InChI is InChI=1S/C20H17BrN4O2S/c1-2-27-10-9-25-17-8-7-13(21)11-18(17)28-20(25)24-19(26)16-12-22-14-5-3-4-6-15(14)23-16/h3-8,11-12H,2,9-10H2,1H3. The number of nitrogens with zero attached hydrogens (tertiary/aromatic N) is 4. The fraction of sp³-hybridized carbons (Fsp3) is 0.200. The summed E-state index contributed by atoms with van der Waals surface area (Å²) in [6, 6.07) is 13.5. The van der Waals surface area contributed by atoms with Crippen LogP contribution in [0.3, 0.4) is 0 Å². The topological polar surface area (TPSA) is 69.4 Å². The maximum atomic E-state index is 12.8. The van der Waals surface area contributed by atoms with E-state index < -0.39 is 5.91 Å². The first-order chi connectivity index (χ1) is 13.7. The largest absolute Gasteiger partial charge is 0.380 e. The average molecular weight is 457 g/mol. The predicted molar refractivity (Wildman–Crippen MR) is 113 cm³/mol. The number of benzene rings is 2. The third-order valence-electron chi connectivity index (χ3n) is 4.17. The van der Waals surface area contributed by atoms with E-state index in [1.165, 1.54) is 17.5 Å². The predicted octanol–water partition coefficient (Wildman–Crippen LogP) is 4.19. The van der Waals surface area contributed by atoms with Crippen LogP contribution in [0.4, 0.5) is 0 Å². The second-order valence-electron chi connectivity index (χ2n) is 6.01. The molecule has 0 fully saturated rings. The number of hydrogen-bond donors (Lipinski definition) is 0. The normalized spacial score (nSPS) is 12.1. The van der Waals surface area contributed by atoms with Crippen LogP contribution in [0.5, 0.6) is 0 Å². The molecule has 0 spiro atoms. The molecule has 2 aromatic heterocycles. The van der Waals surface area contributed by atoms with Gasteiger partial charge in [0, 0.05) is 17.6 Å². The summed E-state index contributed by atoms with van der Waals surface area (Å²) in [5.41, 5.74) is 2.67. The number of ether oxygens (including phenoxy) is 1. The van der Waals surface area contributed by atoms with Crippen molar-refractivity contribution < 1.29 is 9.53 Å². The number of rotatable bonds is 5. The van der Waals surface area contributed by atoms with Gasteiger partial charge in [0.25, 0.3) is 5.91 Å². The van der Waals surface area contributed by atoms with Gasteiger partial charge >= 0.3 is 0 Å². The molecule has 0 N–H and O–H groups in total. The number of hydrogen-bond acceptors (Lipinski definition) is 5. The SMILES string of the molecule is CCOCCn1c(=NC(=O)c2cnc3ccccc3n2)sc2cc(Br)ccc21. The molecule has 28 heavy (non-hydrogen) atoms.